The van der Waals surface area contributed by atoms with E-state index in [4.69, 9.17) is 4.74 Å². The Balaban J connectivity index is 1.77. The van der Waals surface area contributed by atoms with Crippen molar-refractivity contribution in [1.82, 2.24) is 0 Å². The summed E-state index contributed by atoms with van der Waals surface area (Å²) in [5.74, 6) is -0.830. The van der Waals surface area contributed by atoms with Crippen LogP contribution in [0.25, 0.3) is 10.8 Å². The van der Waals surface area contributed by atoms with E-state index in [1.165, 1.54) is 0 Å². The topological polar surface area (TPSA) is 55.4 Å². The number of anilines is 1. The molecule has 0 spiro atoms. The second-order valence-corrected chi connectivity index (χ2v) is 6.72. The number of benzene rings is 3. The van der Waals surface area contributed by atoms with Gasteiger partial charge in [0.2, 0.25) is 0 Å². The lowest BCUT2D eigenvalue weighted by atomic mass is 10.0. The van der Waals surface area contributed by atoms with Crippen LogP contribution in [-0.2, 0) is 22.4 Å². The van der Waals surface area contributed by atoms with Crippen LogP contribution in [0.15, 0.2) is 60.7 Å². The fraction of sp³-hybridized carbons (Fsp3) is 0.250. The molecule has 0 radical (unpaired) electrons. The van der Waals surface area contributed by atoms with Gasteiger partial charge < -0.3 is 10.1 Å². The smallest absolute Gasteiger partial charge is 0.339 e. The van der Waals surface area contributed by atoms with Crippen molar-refractivity contribution in [2.45, 2.75) is 39.7 Å². The lowest BCUT2D eigenvalue weighted by molar-refractivity contribution is -0.123. The minimum Gasteiger partial charge on any atom is -0.449 e. The number of aryl methyl sites for hydroxylation is 2. The molecule has 4 nitrogen and oxygen atoms in total. The third kappa shape index (κ3) is 4.06. The summed E-state index contributed by atoms with van der Waals surface area (Å²) >= 11 is 0. The summed E-state index contributed by atoms with van der Waals surface area (Å²) in [7, 11) is 0. The molecule has 3 aromatic rings. The van der Waals surface area contributed by atoms with Crippen molar-refractivity contribution >= 4 is 28.3 Å². The molecule has 3 rings (SSSR count). The summed E-state index contributed by atoms with van der Waals surface area (Å²) in [6, 6.07) is 19.1. The molecule has 0 aliphatic rings. The second-order valence-electron chi connectivity index (χ2n) is 6.72. The van der Waals surface area contributed by atoms with Gasteiger partial charge in [0.05, 0.1) is 5.56 Å². The highest BCUT2D eigenvalue weighted by molar-refractivity contribution is 6.05. The Labute approximate surface area is 165 Å². The van der Waals surface area contributed by atoms with E-state index in [2.05, 4.69) is 5.32 Å². The molecule has 0 aromatic heterocycles. The average molecular weight is 375 g/mol. The lowest BCUT2D eigenvalue weighted by Gasteiger charge is -2.18. The Kier molecular flexibility index (Phi) is 6.09. The number of fused-ring (bicyclic) bond motifs is 1. The molecular formula is C24H25NO3. The number of amides is 1. The van der Waals surface area contributed by atoms with Crippen molar-refractivity contribution in [3.05, 3.63) is 77.4 Å². The highest BCUT2D eigenvalue weighted by Gasteiger charge is 2.21. The van der Waals surface area contributed by atoms with Crippen LogP contribution in [0.1, 0.15) is 42.3 Å². The second kappa shape index (κ2) is 8.70. The molecule has 0 bridgehead atoms. The van der Waals surface area contributed by atoms with Gasteiger partial charge in [-0.1, -0.05) is 68.4 Å². The molecule has 1 atom stereocenters. The van der Waals surface area contributed by atoms with E-state index in [9.17, 15) is 9.59 Å². The van der Waals surface area contributed by atoms with Crippen molar-refractivity contribution < 1.29 is 14.3 Å². The Morgan fingerprint density at radius 1 is 0.893 bits per heavy atom. The van der Waals surface area contributed by atoms with Gasteiger partial charge >= 0.3 is 5.97 Å². The maximum absolute atomic E-state index is 12.7. The van der Waals surface area contributed by atoms with Crippen LogP contribution in [0.2, 0.25) is 0 Å². The number of hydrogen-bond acceptors (Lipinski definition) is 3. The summed E-state index contributed by atoms with van der Waals surface area (Å²) in [4.78, 5) is 25.4. The van der Waals surface area contributed by atoms with Crippen molar-refractivity contribution in [2.75, 3.05) is 5.32 Å². The highest BCUT2D eigenvalue weighted by Crippen LogP contribution is 2.24. The predicted molar refractivity (Wildman–Crippen MR) is 113 cm³/mol. The molecule has 0 fully saturated rings. The van der Waals surface area contributed by atoms with Crippen LogP contribution < -0.4 is 5.32 Å². The first-order valence-electron chi connectivity index (χ1n) is 9.65. The van der Waals surface area contributed by atoms with Gasteiger partial charge in [0.1, 0.15) is 0 Å². The molecule has 0 aliphatic carbocycles. The first-order valence-corrected chi connectivity index (χ1v) is 9.65. The van der Waals surface area contributed by atoms with Gasteiger partial charge in [-0.2, -0.15) is 0 Å². The van der Waals surface area contributed by atoms with Gasteiger partial charge in [0, 0.05) is 5.69 Å². The number of ether oxygens (including phenoxy) is 1. The van der Waals surface area contributed by atoms with E-state index in [0.717, 1.165) is 40.4 Å². The number of hydrogen-bond donors (Lipinski definition) is 1. The van der Waals surface area contributed by atoms with Crippen LogP contribution in [0, 0.1) is 0 Å². The Morgan fingerprint density at radius 2 is 1.50 bits per heavy atom. The van der Waals surface area contributed by atoms with Crippen LogP contribution >= 0.6 is 0 Å². The van der Waals surface area contributed by atoms with E-state index in [1.54, 1.807) is 13.0 Å². The molecule has 0 heterocycles. The largest absolute Gasteiger partial charge is 0.449 e. The summed E-state index contributed by atoms with van der Waals surface area (Å²) in [6.07, 6.45) is 0.724. The molecule has 0 unspecified atom stereocenters. The van der Waals surface area contributed by atoms with E-state index in [0.29, 0.717) is 5.56 Å². The van der Waals surface area contributed by atoms with Gasteiger partial charge in [-0.15, -0.1) is 0 Å². The standard InChI is InChI=1S/C24H25NO3/c1-4-17-11-8-12-18(5-2)22(17)25-23(26)16(3)28-24(27)21-15-9-13-19-10-6-7-14-20(19)21/h6-16H,4-5H2,1-3H3,(H,25,26)/t16-/m1/s1. The normalized spacial score (nSPS) is 11.8. The molecule has 0 aliphatic heterocycles. The fourth-order valence-electron chi connectivity index (χ4n) is 3.31. The number of para-hydroxylation sites is 1. The fourth-order valence-corrected chi connectivity index (χ4v) is 3.31. The lowest BCUT2D eigenvalue weighted by Crippen LogP contribution is -2.30. The quantitative estimate of drug-likeness (QED) is 0.606. The third-order valence-corrected chi connectivity index (χ3v) is 4.91. The van der Waals surface area contributed by atoms with Gasteiger partial charge in [-0.05, 0) is 47.7 Å². The highest BCUT2D eigenvalue weighted by atomic mass is 16.5. The SMILES string of the molecule is CCc1cccc(CC)c1NC(=O)[C@@H](C)OC(=O)c1cccc2ccccc12. The number of carbonyl (C=O) groups is 2. The Bertz CT molecular complexity index is 982. The van der Waals surface area contributed by atoms with Crippen LogP contribution in [-0.4, -0.2) is 18.0 Å². The molecule has 0 saturated carbocycles. The summed E-state index contributed by atoms with van der Waals surface area (Å²) < 4.78 is 5.47. The van der Waals surface area contributed by atoms with Crippen molar-refractivity contribution in [3.63, 3.8) is 0 Å². The number of esters is 1. The Hall–Kier alpha value is -3.14. The summed E-state index contributed by atoms with van der Waals surface area (Å²) in [5, 5.41) is 4.73. The van der Waals surface area contributed by atoms with Crippen molar-refractivity contribution in [2.24, 2.45) is 0 Å². The maximum atomic E-state index is 12.7. The van der Waals surface area contributed by atoms with Crippen LogP contribution in [0.5, 0.6) is 0 Å². The predicted octanol–water partition coefficient (Wildman–Crippen LogP) is 5.15. The third-order valence-electron chi connectivity index (χ3n) is 4.91. The minimum absolute atomic E-state index is 0.329. The number of rotatable bonds is 6. The molecule has 3 aromatic carbocycles. The van der Waals surface area contributed by atoms with E-state index in [1.807, 2.05) is 68.4 Å². The first-order chi connectivity index (χ1) is 13.5. The van der Waals surface area contributed by atoms with Crippen LogP contribution in [0.3, 0.4) is 0 Å². The zero-order valence-electron chi connectivity index (χ0n) is 16.5. The molecule has 0 saturated heterocycles. The average Bonchev–Trinajstić information content (AvgIpc) is 2.73. The molecular weight excluding hydrogens is 350 g/mol. The maximum Gasteiger partial charge on any atom is 0.339 e. The molecule has 1 amide bonds. The Morgan fingerprint density at radius 3 is 2.18 bits per heavy atom. The van der Waals surface area contributed by atoms with Gasteiger partial charge in [-0.3, -0.25) is 4.79 Å². The molecule has 144 valence electrons. The monoisotopic (exact) mass is 375 g/mol. The molecule has 28 heavy (non-hydrogen) atoms. The minimum atomic E-state index is -0.902. The summed E-state index contributed by atoms with van der Waals surface area (Å²) in [6.45, 7) is 5.70. The van der Waals surface area contributed by atoms with Crippen molar-refractivity contribution in [3.8, 4) is 0 Å². The van der Waals surface area contributed by atoms with Gasteiger partial charge in [0.15, 0.2) is 6.10 Å². The van der Waals surface area contributed by atoms with E-state index >= 15 is 0 Å². The molecule has 4 heteroatoms. The van der Waals surface area contributed by atoms with E-state index in [-0.39, 0.29) is 5.91 Å². The number of carbonyl (C=O) groups excluding carboxylic acids is 2. The molecule has 1 N–H and O–H groups in total. The summed E-state index contributed by atoms with van der Waals surface area (Å²) in [5.41, 5.74) is 3.42. The van der Waals surface area contributed by atoms with Crippen molar-refractivity contribution in [1.29, 1.82) is 0 Å². The zero-order chi connectivity index (χ0) is 20.1. The van der Waals surface area contributed by atoms with Crippen LogP contribution in [0.4, 0.5) is 5.69 Å². The first kappa shape index (κ1) is 19.6. The van der Waals surface area contributed by atoms with Gasteiger partial charge in [-0.25, -0.2) is 4.79 Å². The van der Waals surface area contributed by atoms with Gasteiger partial charge in [0.25, 0.3) is 5.91 Å². The zero-order valence-corrected chi connectivity index (χ0v) is 16.5. The number of nitrogens with one attached hydrogen (secondary N) is 1. The van der Waals surface area contributed by atoms with E-state index < -0.39 is 12.1 Å².